The fraction of sp³-hybridized carbons (Fsp3) is 0.320. The molecule has 0 unspecified atom stereocenters. The molecule has 5 rings (SSSR count). The number of para-hydroxylation sites is 2. The Kier molecular flexibility index (Phi) is 5.75. The Labute approximate surface area is 182 Å². The highest BCUT2D eigenvalue weighted by atomic mass is 32.2. The second-order valence-electron chi connectivity index (χ2n) is 7.91. The first kappa shape index (κ1) is 19.6. The summed E-state index contributed by atoms with van der Waals surface area (Å²) in [5.74, 6) is 0. The van der Waals surface area contributed by atoms with Crippen LogP contribution in [0.5, 0.6) is 0 Å². The predicted octanol–water partition coefficient (Wildman–Crippen LogP) is 4.30. The molecule has 0 spiro atoms. The number of benzene rings is 2. The van der Waals surface area contributed by atoms with Crippen molar-refractivity contribution in [1.29, 1.82) is 0 Å². The third-order valence-electron chi connectivity index (χ3n) is 5.95. The van der Waals surface area contributed by atoms with Crippen molar-refractivity contribution in [2.24, 2.45) is 7.05 Å². The van der Waals surface area contributed by atoms with E-state index in [-0.39, 0.29) is 0 Å². The Morgan fingerprint density at radius 1 is 1.00 bits per heavy atom. The molecule has 1 fully saturated rings. The van der Waals surface area contributed by atoms with Gasteiger partial charge in [-0.2, -0.15) is 0 Å². The lowest BCUT2D eigenvalue weighted by Crippen LogP contribution is -2.37. The monoisotopic (exact) mass is 418 g/mol. The maximum Gasteiger partial charge on any atom is 0.212 e. The summed E-state index contributed by atoms with van der Waals surface area (Å²) in [6.45, 7) is 6.01. The molecule has 30 heavy (non-hydrogen) atoms. The van der Waals surface area contributed by atoms with Crippen LogP contribution in [0.1, 0.15) is 12.0 Å². The van der Waals surface area contributed by atoms with E-state index in [1.807, 2.05) is 11.8 Å². The topological polar surface area (TPSA) is 19.6 Å². The van der Waals surface area contributed by atoms with E-state index in [0.717, 1.165) is 45.8 Å². The second kappa shape index (κ2) is 8.80. The minimum atomic E-state index is 0.867. The number of pyridine rings is 1. The average molecular weight is 419 g/mol. The number of fused-ring (bicyclic) bond motifs is 2. The summed E-state index contributed by atoms with van der Waals surface area (Å²) >= 11 is 1.88. The van der Waals surface area contributed by atoms with Gasteiger partial charge in [0.05, 0.1) is 29.3 Å². The van der Waals surface area contributed by atoms with Crippen LogP contribution in [0.25, 0.3) is 17.0 Å². The van der Waals surface area contributed by atoms with Crippen molar-refractivity contribution in [3.63, 3.8) is 0 Å². The third-order valence-corrected chi connectivity index (χ3v) is 7.06. The van der Waals surface area contributed by atoms with Gasteiger partial charge in [-0.15, -0.1) is 0 Å². The first-order chi connectivity index (χ1) is 14.8. The molecule has 1 aromatic heterocycles. The number of thioether (sulfide) groups is 1. The van der Waals surface area contributed by atoms with E-state index in [0.29, 0.717) is 0 Å². The SMILES string of the molecule is C[n+]1ccc(/C=C2\Sc3ccccc3N2CCCN2CCOCC2)c2ccccc21. The van der Waals surface area contributed by atoms with Gasteiger partial charge in [0.2, 0.25) is 5.52 Å². The average Bonchev–Trinajstić information content (AvgIpc) is 3.14. The van der Waals surface area contributed by atoms with Crippen molar-refractivity contribution in [2.75, 3.05) is 44.3 Å². The molecule has 3 heterocycles. The Morgan fingerprint density at radius 3 is 2.70 bits per heavy atom. The van der Waals surface area contributed by atoms with Gasteiger partial charge in [0.1, 0.15) is 7.05 Å². The lowest BCUT2D eigenvalue weighted by molar-refractivity contribution is -0.644. The van der Waals surface area contributed by atoms with Gasteiger partial charge in [-0.1, -0.05) is 36.0 Å². The van der Waals surface area contributed by atoms with Crippen LogP contribution in [-0.4, -0.2) is 44.3 Å². The van der Waals surface area contributed by atoms with E-state index in [4.69, 9.17) is 4.74 Å². The molecule has 0 N–H and O–H groups in total. The van der Waals surface area contributed by atoms with Gasteiger partial charge in [-0.25, -0.2) is 4.57 Å². The van der Waals surface area contributed by atoms with Gasteiger partial charge in [0.25, 0.3) is 0 Å². The first-order valence-electron chi connectivity index (χ1n) is 10.7. The molecular formula is C25H28N3OS+. The normalized spacial score (nSPS) is 18.3. The van der Waals surface area contributed by atoms with Crippen molar-refractivity contribution in [3.8, 4) is 0 Å². The summed E-state index contributed by atoms with van der Waals surface area (Å²) in [4.78, 5) is 6.37. The predicted molar refractivity (Wildman–Crippen MR) is 125 cm³/mol. The number of ether oxygens (including phenoxy) is 1. The minimum Gasteiger partial charge on any atom is -0.379 e. The van der Waals surface area contributed by atoms with Gasteiger partial charge in [-0.3, -0.25) is 4.90 Å². The molecule has 0 bridgehead atoms. The molecule has 4 nitrogen and oxygen atoms in total. The largest absolute Gasteiger partial charge is 0.379 e. The molecule has 0 aliphatic carbocycles. The number of aromatic nitrogens is 1. The van der Waals surface area contributed by atoms with Crippen molar-refractivity contribution in [2.45, 2.75) is 11.3 Å². The summed E-state index contributed by atoms with van der Waals surface area (Å²) in [5.41, 5.74) is 3.87. The van der Waals surface area contributed by atoms with Crippen LogP contribution in [0.2, 0.25) is 0 Å². The lowest BCUT2D eigenvalue weighted by Gasteiger charge is -2.28. The fourth-order valence-electron chi connectivity index (χ4n) is 4.31. The maximum absolute atomic E-state index is 5.49. The molecule has 5 heteroatoms. The summed E-state index contributed by atoms with van der Waals surface area (Å²) < 4.78 is 7.68. The molecule has 1 saturated heterocycles. The van der Waals surface area contributed by atoms with Crippen molar-refractivity contribution < 1.29 is 9.30 Å². The van der Waals surface area contributed by atoms with Crippen LogP contribution in [-0.2, 0) is 11.8 Å². The molecule has 154 valence electrons. The zero-order valence-corrected chi connectivity index (χ0v) is 18.3. The van der Waals surface area contributed by atoms with Crippen LogP contribution < -0.4 is 9.47 Å². The van der Waals surface area contributed by atoms with Crippen LogP contribution in [0.3, 0.4) is 0 Å². The summed E-state index contributed by atoms with van der Waals surface area (Å²) in [5, 5.41) is 2.61. The summed E-state index contributed by atoms with van der Waals surface area (Å²) in [6, 6.07) is 19.6. The molecule has 0 amide bonds. The molecule has 3 aromatic rings. The Morgan fingerprint density at radius 2 is 1.80 bits per heavy atom. The van der Waals surface area contributed by atoms with Gasteiger partial charge in [0.15, 0.2) is 6.20 Å². The quantitative estimate of drug-likeness (QED) is 0.576. The first-order valence-corrected chi connectivity index (χ1v) is 11.5. The maximum atomic E-state index is 5.49. The molecule has 2 aliphatic rings. The third kappa shape index (κ3) is 3.97. The van der Waals surface area contributed by atoms with E-state index in [1.54, 1.807) is 0 Å². The van der Waals surface area contributed by atoms with E-state index in [9.17, 15) is 0 Å². The zero-order chi connectivity index (χ0) is 20.3. The van der Waals surface area contributed by atoms with Crippen LogP contribution in [0.15, 0.2) is 70.7 Å². The lowest BCUT2D eigenvalue weighted by atomic mass is 10.1. The molecule has 2 aliphatic heterocycles. The summed E-state index contributed by atoms with van der Waals surface area (Å²) in [6.07, 6.45) is 5.67. The highest BCUT2D eigenvalue weighted by Crippen LogP contribution is 2.46. The highest BCUT2D eigenvalue weighted by Gasteiger charge is 2.25. The Balaban J connectivity index is 1.42. The Bertz CT molecular complexity index is 1070. The highest BCUT2D eigenvalue weighted by molar-refractivity contribution is 8.03. The molecular weight excluding hydrogens is 390 g/mol. The van der Waals surface area contributed by atoms with Crippen LogP contribution >= 0.6 is 11.8 Å². The van der Waals surface area contributed by atoms with Crippen molar-refractivity contribution in [3.05, 3.63) is 71.4 Å². The van der Waals surface area contributed by atoms with E-state index >= 15 is 0 Å². The summed E-state index contributed by atoms with van der Waals surface area (Å²) in [7, 11) is 2.11. The molecule has 0 radical (unpaired) electrons. The molecule has 0 saturated carbocycles. The van der Waals surface area contributed by atoms with E-state index in [2.05, 4.69) is 88.3 Å². The number of hydrogen-bond acceptors (Lipinski definition) is 4. The van der Waals surface area contributed by atoms with Gasteiger partial charge >= 0.3 is 0 Å². The number of hydrogen-bond donors (Lipinski definition) is 0. The van der Waals surface area contributed by atoms with Gasteiger partial charge < -0.3 is 9.64 Å². The minimum absolute atomic E-state index is 0.867. The smallest absolute Gasteiger partial charge is 0.212 e. The standard InChI is InChI=1S/C25H28N3OS/c1-26-14-11-20(21-7-2-3-8-22(21)26)19-25-28(23-9-4-5-10-24(23)30-25)13-6-12-27-15-17-29-18-16-27/h2-5,7-11,14,19H,6,12-13,15-18H2,1H3/q+1. The van der Waals surface area contributed by atoms with E-state index in [1.165, 1.54) is 32.1 Å². The van der Waals surface area contributed by atoms with Crippen LogP contribution in [0.4, 0.5) is 5.69 Å². The van der Waals surface area contributed by atoms with Crippen molar-refractivity contribution in [1.82, 2.24) is 4.90 Å². The molecule has 0 atom stereocenters. The number of rotatable bonds is 5. The van der Waals surface area contributed by atoms with E-state index < -0.39 is 0 Å². The number of anilines is 1. The fourth-order valence-corrected chi connectivity index (χ4v) is 5.45. The van der Waals surface area contributed by atoms with Gasteiger partial charge in [-0.05, 0) is 36.3 Å². The number of aryl methyl sites for hydroxylation is 1. The number of morpholine rings is 1. The zero-order valence-electron chi connectivity index (χ0n) is 17.5. The Hall–Kier alpha value is -2.34. The second-order valence-corrected chi connectivity index (χ2v) is 8.97. The molecule has 2 aromatic carbocycles. The van der Waals surface area contributed by atoms with Gasteiger partial charge in [0, 0.05) is 43.2 Å². The number of nitrogens with zero attached hydrogens (tertiary/aromatic N) is 3. The van der Waals surface area contributed by atoms with Crippen LogP contribution in [0, 0.1) is 0 Å². The van der Waals surface area contributed by atoms with Crippen molar-refractivity contribution >= 4 is 34.4 Å².